The number of non-ortho nitro benzene ring substituents is 1. The number of allylic oxidation sites excluding steroid dienone is 5. The number of anilines is 1. The molecule has 2 heterocycles. The molecule has 74 heavy (non-hydrogen) atoms. The van der Waals surface area contributed by atoms with Gasteiger partial charge in [-0.05, 0) is 56.7 Å². The van der Waals surface area contributed by atoms with Crippen LogP contribution in [-0.2, 0) is 35.3 Å². The number of nitro groups is 2. The highest BCUT2D eigenvalue weighted by Crippen LogP contribution is 2.48. The summed E-state index contributed by atoms with van der Waals surface area (Å²) < 4.78 is 59.0. The van der Waals surface area contributed by atoms with Crippen molar-refractivity contribution in [2.45, 2.75) is 57.6 Å². The van der Waals surface area contributed by atoms with E-state index in [1.165, 1.54) is 32.2 Å². The van der Waals surface area contributed by atoms with E-state index >= 15 is 0 Å². The average molecular weight is 1040 g/mol. The van der Waals surface area contributed by atoms with Crippen LogP contribution in [0.15, 0.2) is 120 Å². The van der Waals surface area contributed by atoms with Crippen molar-refractivity contribution >= 4 is 56.4 Å². The molecule has 0 fully saturated rings. The van der Waals surface area contributed by atoms with Gasteiger partial charge in [-0.1, -0.05) is 50.2 Å². The van der Waals surface area contributed by atoms with Gasteiger partial charge < -0.3 is 39.4 Å². The topological polar surface area (TPSA) is 264 Å². The van der Waals surface area contributed by atoms with Crippen LogP contribution >= 0.6 is 0 Å². The van der Waals surface area contributed by atoms with Crippen LogP contribution in [-0.4, -0.2) is 117 Å². The Hall–Kier alpha value is -7.95. The number of quaternary nitrogens is 1. The molecule has 4 aromatic rings. The molecule has 21 nitrogen and oxygen atoms in total. The summed E-state index contributed by atoms with van der Waals surface area (Å²) in [4.78, 5) is 65.6. The molecule has 0 aromatic heterocycles. The number of hydrogen-bond donors (Lipinski definition) is 4. The molecule has 1 amide bonds. The zero-order valence-electron chi connectivity index (χ0n) is 42.4. The number of nitro benzene ring substituents is 2. The standard InChI is InChI=1S/C52H57N7O14S/c1-31(72-50(62)73-33-20-18-32(19-21-33)58(63)64)34-26-43(70-9)44(29-42(34)59(65)66)71-25-24-55(6)23-22-53-49(61)39(30-74(67,68)69)54-47-35(27-45-51(2,3)37-14-10-12-16-40(37)56(45)7)48(60)36(47)28-46-52(4,5)38-15-11-13-17-41(38)57(46)8/h10-21,26-29,31,39H,22-25,30H2,1-9H3,(H2-,53,54,60,61,67,68,69)/p+2. The van der Waals surface area contributed by atoms with E-state index in [9.17, 15) is 47.6 Å². The normalized spacial score (nSPS) is 17.8. The number of Topliss-reactive ketones (excluding diaryl/α,β-unsaturated/α-hetero) is 1. The van der Waals surface area contributed by atoms with Crippen LogP contribution in [0.25, 0.3) is 0 Å². The molecule has 0 saturated heterocycles. The molecule has 390 valence electrons. The number of hydrogen-bond acceptors (Lipinski definition) is 15. The quantitative estimate of drug-likeness (QED) is 0.0164. The van der Waals surface area contributed by atoms with Gasteiger partial charge in [0, 0.05) is 59.3 Å². The van der Waals surface area contributed by atoms with Gasteiger partial charge in [-0.25, -0.2) is 4.79 Å². The molecular formula is C52H59N7O14S+2. The first-order chi connectivity index (χ1) is 34.8. The minimum Gasteiger partial charge on any atom is -0.493 e. The first-order valence-corrected chi connectivity index (χ1v) is 25.1. The maximum Gasteiger partial charge on any atom is 0.514 e. The molecule has 3 unspecified atom stereocenters. The second-order valence-corrected chi connectivity index (χ2v) is 20.7. The number of fused-ring (bicyclic) bond motifs is 2. The second kappa shape index (κ2) is 21.3. The van der Waals surface area contributed by atoms with Gasteiger partial charge in [0.15, 0.2) is 23.0 Å². The Balaban J connectivity index is 1.04. The van der Waals surface area contributed by atoms with Crippen LogP contribution < -0.4 is 34.6 Å². The van der Waals surface area contributed by atoms with Crippen LogP contribution in [0.2, 0.25) is 0 Å². The predicted molar refractivity (Wildman–Crippen MR) is 273 cm³/mol. The molecule has 3 atom stereocenters. The highest BCUT2D eigenvalue weighted by atomic mass is 32.2. The molecule has 2 aliphatic heterocycles. The van der Waals surface area contributed by atoms with Crippen LogP contribution in [0.4, 0.5) is 27.5 Å². The van der Waals surface area contributed by atoms with E-state index in [4.69, 9.17) is 18.9 Å². The number of para-hydroxylation sites is 2. The maximum absolute atomic E-state index is 14.4. The summed E-state index contributed by atoms with van der Waals surface area (Å²) in [6.07, 6.45) is 1.13. The largest absolute Gasteiger partial charge is 0.514 e. The molecule has 3 aliphatic rings. The van der Waals surface area contributed by atoms with Crippen molar-refractivity contribution in [1.82, 2.24) is 10.6 Å². The number of nitrogens with zero attached hydrogens (tertiary/aromatic N) is 4. The lowest BCUT2D eigenvalue weighted by Gasteiger charge is -2.31. The summed E-state index contributed by atoms with van der Waals surface area (Å²) in [5, 5.41) is 29.0. The van der Waals surface area contributed by atoms with Gasteiger partial charge in [0.25, 0.3) is 21.5 Å². The molecular weight excluding hydrogens is 979 g/mol. The predicted octanol–water partition coefficient (Wildman–Crippen LogP) is 5.42. The van der Waals surface area contributed by atoms with Gasteiger partial charge in [-0.2, -0.15) is 13.0 Å². The minimum atomic E-state index is -4.75. The minimum absolute atomic E-state index is 0.0230. The third-order valence-corrected chi connectivity index (χ3v) is 14.3. The molecule has 1 aliphatic carbocycles. The van der Waals surface area contributed by atoms with Crippen molar-refractivity contribution in [3.8, 4) is 17.2 Å². The van der Waals surface area contributed by atoms with E-state index in [1.807, 2.05) is 99.8 Å². The van der Waals surface area contributed by atoms with Crippen molar-refractivity contribution in [3.63, 3.8) is 0 Å². The summed E-state index contributed by atoms with van der Waals surface area (Å²) in [5.74, 6) is -1.98. The fourth-order valence-corrected chi connectivity index (χ4v) is 10.2. The number of carbonyl (C=O) groups excluding carboxylic acids is 3. The number of ether oxygens (including phenoxy) is 4. The molecule has 4 aromatic carbocycles. The molecule has 0 bridgehead atoms. The number of rotatable bonds is 20. The first kappa shape index (κ1) is 53.8. The molecule has 22 heteroatoms. The van der Waals surface area contributed by atoms with Gasteiger partial charge in [0.2, 0.25) is 11.6 Å². The Morgan fingerprint density at radius 2 is 1.58 bits per heavy atom. The molecule has 0 spiro atoms. The molecule has 0 saturated carbocycles. The monoisotopic (exact) mass is 1040 g/mol. The number of carbonyl (C=O) groups is 3. The van der Waals surface area contributed by atoms with E-state index in [0.717, 1.165) is 57.0 Å². The SMILES string of the molecule is COc1cc(C(C)OC(=O)Oc2ccc([N+](=O)[O-])cc2)c([N+](=O)[O-])cc1OCC[NH+](C)CCNC(=O)C(CS(=O)(=O)O)NC1=C(/C=C2/N(C)c3ccccc3C2(C)C)C(=O)/C1=C\C1=[N+](C)c2ccccc2C1(C)C. The van der Waals surface area contributed by atoms with E-state index in [2.05, 4.69) is 10.6 Å². The Bertz CT molecular complexity index is 3180. The van der Waals surface area contributed by atoms with Gasteiger partial charge in [-0.15, -0.1) is 0 Å². The van der Waals surface area contributed by atoms with Crippen LogP contribution in [0, 0.1) is 20.2 Å². The lowest BCUT2D eigenvalue weighted by atomic mass is 9.77. The third kappa shape index (κ3) is 11.2. The van der Waals surface area contributed by atoms with Crippen molar-refractivity contribution in [3.05, 3.63) is 157 Å². The van der Waals surface area contributed by atoms with Crippen molar-refractivity contribution in [2.75, 3.05) is 65.1 Å². The van der Waals surface area contributed by atoms with Gasteiger partial charge >= 0.3 is 6.16 Å². The lowest BCUT2D eigenvalue weighted by Crippen LogP contribution is -3.10. The highest BCUT2D eigenvalue weighted by Gasteiger charge is 2.47. The number of ketones is 1. The Morgan fingerprint density at radius 1 is 0.919 bits per heavy atom. The number of nitrogens with one attached hydrogen (secondary N) is 3. The lowest BCUT2D eigenvalue weighted by molar-refractivity contribution is -0.878. The van der Waals surface area contributed by atoms with Gasteiger partial charge in [-0.3, -0.25) is 34.4 Å². The Morgan fingerprint density at radius 3 is 2.20 bits per heavy atom. The highest BCUT2D eigenvalue weighted by molar-refractivity contribution is 7.85. The zero-order valence-corrected chi connectivity index (χ0v) is 43.2. The fraction of sp³-hybridized carbons (Fsp3) is 0.346. The summed E-state index contributed by atoms with van der Waals surface area (Å²) in [7, 11) is 2.20. The van der Waals surface area contributed by atoms with E-state index in [1.54, 1.807) is 19.2 Å². The summed E-state index contributed by atoms with van der Waals surface area (Å²) in [6.45, 7) is 10.3. The number of likely N-dealkylation sites (N-methyl/N-ethyl adjacent to an activating group) is 2. The fourth-order valence-electron chi connectivity index (χ4n) is 9.51. The first-order valence-electron chi connectivity index (χ1n) is 23.5. The van der Waals surface area contributed by atoms with Crippen molar-refractivity contribution in [2.24, 2.45) is 0 Å². The molecule has 0 radical (unpaired) electrons. The number of amides is 1. The van der Waals surface area contributed by atoms with E-state index in [0.29, 0.717) is 13.1 Å². The number of benzene rings is 4. The van der Waals surface area contributed by atoms with Crippen LogP contribution in [0.5, 0.6) is 17.2 Å². The van der Waals surface area contributed by atoms with Crippen molar-refractivity contribution < 1.29 is 65.6 Å². The summed E-state index contributed by atoms with van der Waals surface area (Å²) >= 11 is 0. The molecule has 7 rings (SSSR count). The van der Waals surface area contributed by atoms with Gasteiger partial charge in [0.05, 0.1) is 65.4 Å². The average Bonchev–Trinajstić information content (AvgIpc) is 3.66. The zero-order chi connectivity index (χ0) is 54.0. The third-order valence-electron chi connectivity index (χ3n) is 13.6. The maximum atomic E-state index is 14.4. The smallest absolute Gasteiger partial charge is 0.493 e. The Labute approximate surface area is 427 Å². The van der Waals surface area contributed by atoms with Crippen molar-refractivity contribution in [1.29, 1.82) is 0 Å². The summed E-state index contributed by atoms with van der Waals surface area (Å²) in [6, 6.07) is 21.4. The van der Waals surface area contributed by atoms with Crippen LogP contribution in [0.1, 0.15) is 57.4 Å². The molecule has 4 N–H and O–H groups in total. The number of methoxy groups -OCH3 is 1. The second-order valence-electron chi connectivity index (χ2n) is 19.2. The van der Waals surface area contributed by atoms with E-state index in [-0.39, 0.29) is 64.3 Å². The summed E-state index contributed by atoms with van der Waals surface area (Å²) in [5.41, 5.74) is 4.65. The van der Waals surface area contributed by atoms with Gasteiger partial charge in [0.1, 0.15) is 43.8 Å². The van der Waals surface area contributed by atoms with E-state index < -0.39 is 66.4 Å². The Kier molecular flexibility index (Phi) is 15.5. The van der Waals surface area contributed by atoms with Crippen LogP contribution in [0.3, 0.4) is 0 Å².